The second-order valence-corrected chi connectivity index (χ2v) is 8.12. The Bertz CT molecular complexity index is 858. The molecule has 0 unspecified atom stereocenters. The molecule has 2 heterocycles. The number of fused-ring (bicyclic) bond motifs is 1. The molecule has 168 valence electrons. The second-order valence-electron chi connectivity index (χ2n) is 8.12. The molecule has 0 aromatic heterocycles. The van der Waals surface area contributed by atoms with Crippen LogP contribution in [0.3, 0.4) is 0 Å². The molecule has 0 N–H and O–H groups in total. The minimum atomic E-state index is -0.718. The van der Waals surface area contributed by atoms with Gasteiger partial charge in [0.25, 0.3) is 0 Å². The smallest absolute Gasteiger partial charge is 0.190 e. The van der Waals surface area contributed by atoms with Gasteiger partial charge < -0.3 is 33.2 Å². The molecule has 0 amide bonds. The highest BCUT2D eigenvalue weighted by Gasteiger charge is 2.55. The first-order chi connectivity index (χ1) is 14.9. The zero-order valence-electron chi connectivity index (χ0n) is 18.6. The summed E-state index contributed by atoms with van der Waals surface area (Å²) in [6, 6.07) is 13.7. The largest absolute Gasteiger partial charge is 0.496 e. The molecular weight excluding hydrogens is 400 g/mol. The molecule has 7 nitrogen and oxygen atoms in total. The Morgan fingerprint density at radius 3 is 2.19 bits per heavy atom. The highest BCUT2D eigenvalue weighted by molar-refractivity contribution is 5.51. The highest BCUT2D eigenvalue weighted by Crippen LogP contribution is 2.42. The fourth-order valence-corrected chi connectivity index (χ4v) is 4.16. The summed E-state index contributed by atoms with van der Waals surface area (Å²) in [5, 5.41) is 0. The van der Waals surface area contributed by atoms with Crippen LogP contribution in [-0.4, -0.2) is 51.7 Å². The van der Waals surface area contributed by atoms with E-state index in [0.717, 1.165) is 11.1 Å². The number of rotatable bonds is 8. The van der Waals surface area contributed by atoms with E-state index in [2.05, 4.69) is 0 Å². The lowest BCUT2D eigenvalue weighted by molar-refractivity contribution is -0.218. The lowest BCUT2D eigenvalue weighted by Crippen LogP contribution is -2.37. The Labute approximate surface area is 183 Å². The zero-order valence-corrected chi connectivity index (χ0v) is 18.6. The predicted molar refractivity (Wildman–Crippen MR) is 114 cm³/mol. The van der Waals surface area contributed by atoms with Crippen LogP contribution in [0.25, 0.3) is 0 Å². The minimum absolute atomic E-state index is 0.300. The van der Waals surface area contributed by atoms with Crippen molar-refractivity contribution >= 4 is 0 Å². The fourth-order valence-electron chi connectivity index (χ4n) is 4.16. The van der Waals surface area contributed by atoms with Gasteiger partial charge in [-0.3, -0.25) is 0 Å². The van der Waals surface area contributed by atoms with Crippen LogP contribution in [0.4, 0.5) is 0 Å². The van der Waals surface area contributed by atoms with Crippen molar-refractivity contribution < 1.29 is 33.2 Å². The van der Waals surface area contributed by atoms with Crippen molar-refractivity contribution in [3.05, 3.63) is 53.6 Å². The van der Waals surface area contributed by atoms with Crippen LogP contribution in [0.2, 0.25) is 0 Å². The van der Waals surface area contributed by atoms with Crippen LogP contribution in [0.15, 0.2) is 42.5 Å². The van der Waals surface area contributed by atoms with E-state index < -0.39 is 12.1 Å². The standard InChI is InChI=1S/C24H30O7/c1-24(2)30-22-21(28-14-15-9-7-6-8-10-15)20(29-23(22)31-24)13-17-18(26-4)11-16(25-3)12-19(17)27-5/h6-12,20-23H,13-14H2,1-5H3/t20-,21-,22+,23+/m0/s1. The van der Waals surface area contributed by atoms with E-state index in [-0.39, 0.29) is 18.3 Å². The molecule has 0 aliphatic carbocycles. The Balaban J connectivity index is 1.59. The third kappa shape index (κ3) is 4.65. The van der Waals surface area contributed by atoms with Crippen LogP contribution in [0.5, 0.6) is 17.2 Å². The third-order valence-electron chi connectivity index (χ3n) is 5.59. The van der Waals surface area contributed by atoms with Crippen LogP contribution in [0.1, 0.15) is 25.0 Å². The van der Waals surface area contributed by atoms with Crippen molar-refractivity contribution in [2.75, 3.05) is 21.3 Å². The maximum absolute atomic E-state index is 6.34. The van der Waals surface area contributed by atoms with Crippen molar-refractivity contribution in [2.45, 2.75) is 57.3 Å². The van der Waals surface area contributed by atoms with Gasteiger partial charge in [0.15, 0.2) is 12.1 Å². The Morgan fingerprint density at radius 1 is 0.903 bits per heavy atom. The number of methoxy groups -OCH3 is 3. The summed E-state index contributed by atoms with van der Waals surface area (Å²) in [6.45, 7) is 4.22. The first-order valence-corrected chi connectivity index (χ1v) is 10.4. The molecule has 0 saturated carbocycles. The summed E-state index contributed by atoms with van der Waals surface area (Å²) in [4.78, 5) is 0. The quantitative estimate of drug-likeness (QED) is 0.632. The molecule has 0 bridgehead atoms. The first-order valence-electron chi connectivity index (χ1n) is 10.4. The summed E-state index contributed by atoms with van der Waals surface area (Å²) in [6.07, 6.45) is -0.917. The molecule has 2 fully saturated rings. The molecule has 7 heteroatoms. The monoisotopic (exact) mass is 430 g/mol. The van der Waals surface area contributed by atoms with Crippen molar-refractivity contribution in [3.8, 4) is 17.2 Å². The molecule has 31 heavy (non-hydrogen) atoms. The topological polar surface area (TPSA) is 64.6 Å². The minimum Gasteiger partial charge on any atom is -0.496 e. The Kier molecular flexibility index (Phi) is 6.39. The summed E-state index contributed by atoms with van der Waals surface area (Å²) < 4.78 is 41.3. The molecule has 2 aliphatic heterocycles. The summed E-state index contributed by atoms with van der Waals surface area (Å²) >= 11 is 0. The molecule has 4 atom stereocenters. The Hall–Kier alpha value is -2.32. The van der Waals surface area contributed by atoms with E-state index in [1.165, 1.54) is 0 Å². The molecule has 2 saturated heterocycles. The van der Waals surface area contributed by atoms with E-state index in [0.29, 0.717) is 30.3 Å². The SMILES string of the molecule is COc1cc(OC)c(C[C@@H]2O[C@@H]3OC(C)(C)O[C@@H]3[C@H]2OCc2ccccc2)c(OC)c1. The van der Waals surface area contributed by atoms with Crippen molar-refractivity contribution in [3.63, 3.8) is 0 Å². The molecule has 2 aromatic carbocycles. The predicted octanol–water partition coefficient (Wildman–Crippen LogP) is 3.72. The average molecular weight is 430 g/mol. The first kappa shape index (κ1) is 21.9. The highest BCUT2D eigenvalue weighted by atomic mass is 16.8. The van der Waals surface area contributed by atoms with Crippen LogP contribution < -0.4 is 14.2 Å². The van der Waals surface area contributed by atoms with Gasteiger partial charge in [0, 0.05) is 24.1 Å². The van der Waals surface area contributed by atoms with Gasteiger partial charge in [-0.2, -0.15) is 0 Å². The van der Waals surface area contributed by atoms with E-state index in [9.17, 15) is 0 Å². The number of hydrogen-bond acceptors (Lipinski definition) is 7. The molecule has 0 radical (unpaired) electrons. The molecule has 4 rings (SSSR count). The van der Waals surface area contributed by atoms with Crippen LogP contribution >= 0.6 is 0 Å². The van der Waals surface area contributed by atoms with Gasteiger partial charge in [-0.25, -0.2) is 0 Å². The van der Waals surface area contributed by atoms with Gasteiger partial charge in [0.2, 0.25) is 0 Å². The number of ether oxygens (including phenoxy) is 7. The van der Waals surface area contributed by atoms with E-state index in [1.54, 1.807) is 21.3 Å². The normalized spacial score (nSPS) is 26.5. The third-order valence-corrected chi connectivity index (χ3v) is 5.59. The van der Waals surface area contributed by atoms with Gasteiger partial charge in [-0.15, -0.1) is 0 Å². The summed E-state index contributed by atoms with van der Waals surface area (Å²) in [5.41, 5.74) is 1.96. The number of benzene rings is 2. The summed E-state index contributed by atoms with van der Waals surface area (Å²) in [5.74, 6) is 1.28. The fraction of sp³-hybridized carbons (Fsp3) is 0.500. The lowest BCUT2D eigenvalue weighted by Gasteiger charge is -2.27. The molecule has 2 aromatic rings. The van der Waals surface area contributed by atoms with Gasteiger partial charge in [0.1, 0.15) is 29.5 Å². The average Bonchev–Trinajstić information content (AvgIpc) is 3.23. The molecular formula is C24H30O7. The number of hydrogen-bond donors (Lipinski definition) is 0. The molecule has 0 spiro atoms. The second kappa shape index (κ2) is 9.04. The van der Waals surface area contributed by atoms with Crippen LogP contribution in [0, 0.1) is 0 Å². The van der Waals surface area contributed by atoms with Gasteiger partial charge >= 0.3 is 0 Å². The van der Waals surface area contributed by atoms with Crippen molar-refractivity contribution in [2.24, 2.45) is 0 Å². The van der Waals surface area contributed by atoms with E-state index >= 15 is 0 Å². The zero-order chi connectivity index (χ0) is 22.0. The van der Waals surface area contributed by atoms with Gasteiger partial charge in [-0.05, 0) is 19.4 Å². The van der Waals surface area contributed by atoms with Gasteiger partial charge in [-0.1, -0.05) is 30.3 Å². The Morgan fingerprint density at radius 2 is 1.58 bits per heavy atom. The van der Waals surface area contributed by atoms with E-state index in [1.807, 2.05) is 56.3 Å². The lowest BCUT2D eigenvalue weighted by atomic mass is 10.00. The van der Waals surface area contributed by atoms with E-state index in [4.69, 9.17) is 33.2 Å². The van der Waals surface area contributed by atoms with Crippen molar-refractivity contribution in [1.29, 1.82) is 0 Å². The van der Waals surface area contributed by atoms with Gasteiger partial charge in [0.05, 0.1) is 34.0 Å². The molecule has 2 aliphatic rings. The van der Waals surface area contributed by atoms with Crippen LogP contribution in [-0.2, 0) is 32.0 Å². The maximum Gasteiger partial charge on any atom is 0.190 e. The summed E-state index contributed by atoms with van der Waals surface area (Å²) in [7, 11) is 4.86. The van der Waals surface area contributed by atoms with Crippen molar-refractivity contribution in [1.82, 2.24) is 0 Å². The maximum atomic E-state index is 6.34.